The molecule has 3 saturated heterocycles. The van der Waals surface area contributed by atoms with Crippen LogP contribution in [0.4, 0.5) is 5.82 Å². The number of rotatable bonds is 9. The molecule has 9 nitrogen and oxygen atoms in total. The van der Waals surface area contributed by atoms with E-state index in [1.54, 1.807) is 0 Å². The maximum absolute atomic E-state index is 6.10. The predicted molar refractivity (Wildman–Crippen MR) is 143 cm³/mol. The van der Waals surface area contributed by atoms with Gasteiger partial charge in [0.05, 0.1) is 25.2 Å². The van der Waals surface area contributed by atoms with Crippen LogP contribution in [-0.2, 0) is 11.3 Å². The third-order valence-corrected chi connectivity index (χ3v) is 7.97. The first-order chi connectivity index (χ1) is 18.3. The van der Waals surface area contributed by atoms with E-state index in [0.717, 1.165) is 101 Å². The van der Waals surface area contributed by atoms with Crippen molar-refractivity contribution in [2.24, 2.45) is 5.92 Å². The molecule has 0 amide bonds. The summed E-state index contributed by atoms with van der Waals surface area (Å²) in [5.74, 6) is 2.25. The van der Waals surface area contributed by atoms with E-state index in [1.807, 2.05) is 24.4 Å². The van der Waals surface area contributed by atoms with Crippen molar-refractivity contribution in [3.63, 3.8) is 0 Å². The second-order valence-corrected chi connectivity index (χ2v) is 10.5. The number of piperidine rings is 1. The molecule has 0 aliphatic carbocycles. The van der Waals surface area contributed by atoms with Crippen molar-refractivity contribution in [3.05, 3.63) is 48.2 Å². The number of hydrogen-bond acceptors (Lipinski definition) is 9. The topological polar surface area (TPSA) is 79.1 Å². The Morgan fingerprint density at radius 1 is 1.00 bits per heavy atom. The van der Waals surface area contributed by atoms with Crippen LogP contribution in [0.5, 0.6) is 5.88 Å². The van der Waals surface area contributed by atoms with Crippen LogP contribution in [0.25, 0.3) is 11.0 Å². The molecule has 0 spiro atoms. The minimum Gasteiger partial charge on any atom is -0.477 e. The quantitative estimate of drug-likeness (QED) is 0.441. The summed E-state index contributed by atoms with van der Waals surface area (Å²) in [7, 11) is 0. The van der Waals surface area contributed by atoms with Gasteiger partial charge in [-0.15, -0.1) is 0 Å². The van der Waals surface area contributed by atoms with Gasteiger partial charge in [0.2, 0.25) is 5.88 Å². The lowest BCUT2D eigenvalue weighted by molar-refractivity contribution is 0.0384. The molecule has 0 saturated carbocycles. The van der Waals surface area contributed by atoms with Gasteiger partial charge >= 0.3 is 0 Å². The van der Waals surface area contributed by atoms with Gasteiger partial charge in [-0.3, -0.25) is 9.80 Å². The molecule has 198 valence electrons. The number of nitrogens with zero attached hydrogens (tertiary/aromatic N) is 5. The SMILES string of the molecule is c1ccc2c(N3CCN4CC(COc5ccc(CNCCN6CCOCC6)cn5)CCC4C3)noc2c1. The second-order valence-electron chi connectivity index (χ2n) is 10.5. The number of benzene rings is 1. The fourth-order valence-corrected chi connectivity index (χ4v) is 5.79. The smallest absolute Gasteiger partial charge is 0.213 e. The van der Waals surface area contributed by atoms with Gasteiger partial charge < -0.3 is 24.2 Å². The van der Waals surface area contributed by atoms with E-state index in [0.29, 0.717) is 12.0 Å². The van der Waals surface area contributed by atoms with Crippen LogP contribution in [0.2, 0.25) is 0 Å². The number of ether oxygens (including phenoxy) is 2. The first-order valence-electron chi connectivity index (χ1n) is 13.7. The first-order valence-corrected chi connectivity index (χ1v) is 13.7. The third-order valence-electron chi connectivity index (χ3n) is 7.97. The summed E-state index contributed by atoms with van der Waals surface area (Å²) in [6.45, 7) is 11.5. The zero-order chi connectivity index (χ0) is 24.9. The number of aromatic nitrogens is 2. The number of para-hydroxylation sites is 1. The van der Waals surface area contributed by atoms with Crippen LogP contribution < -0.4 is 15.0 Å². The number of nitrogens with one attached hydrogen (secondary N) is 1. The molecule has 6 rings (SSSR count). The number of pyridine rings is 1. The van der Waals surface area contributed by atoms with E-state index in [2.05, 4.69) is 48.4 Å². The standard InChI is InChI=1S/C28H38N6O3/c1-2-4-26-25(3-1)28(31-37-26)34-12-11-33-19-23(5-7-24(33)20-34)21-36-27-8-6-22(18-30-27)17-29-9-10-32-13-15-35-16-14-32/h1-4,6,8,18,23-24,29H,5,7,9-17,19-21H2. The zero-order valence-electron chi connectivity index (χ0n) is 21.6. The van der Waals surface area contributed by atoms with Gasteiger partial charge in [0, 0.05) is 83.1 Å². The predicted octanol–water partition coefficient (Wildman–Crippen LogP) is 2.62. The summed E-state index contributed by atoms with van der Waals surface area (Å²) in [6, 6.07) is 12.8. The third kappa shape index (κ3) is 6.06. The highest BCUT2D eigenvalue weighted by atomic mass is 16.5. The summed E-state index contributed by atoms with van der Waals surface area (Å²) in [5, 5.41) is 9.01. The summed E-state index contributed by atoms with van der Waals surface area (Å²) in [4.78, 5) is 12.0. The molecule has 2 atom stereocenters. The Balaban J connectivity index is 0.919. The second kappa shape index (κ2) is 11.8. The van der Waals surface area contributed by atoms with Crippen LogP contribution in [0.1, 0.15) is 18.4 Å². The molecule has 9 heteroatoms. The Morgan fingerprint density at radius 3 is 2.81 bits per heavy atom. The van der Waals surface area contributed by atoms with Crippen molar-refractivity contribution >= 4 is 16.8 Å². The van der Waals surface area contributed by atoms with Crippen molar-refractivity contribution in [2.45, 2.75) is 25.4 Å². The Hall–Kier alpha value is -2.72. The number of anilines is 1. The fraction of sp³-hybridized carbons (Fsp3) is 0.571. The molecule has 0 radical (unpaired) electrons. The Labute approximate surface area is 218 Å². The van der Waals surface area contributed by atoms with Crippen molar-refractivity contribution < 1.29 is 14.0 Å². The molecule has 3 aromatic rings. The van der Waals surface area contributed by atoms with E-state index in [1.165, 1.54) is 18.4 Å². The highest BCUT2D eigenvalue weighted by molar-refractivity contribution is 5.88. The zero-order valence-corrected chi connectivity index (χ0v) is 21.6. The number of fused-ring (bicyclic) bond motifs is 2. The highest BCUT2D eigenvalue weighted by Gasteiger charge is 2.34. The minimum absolute atomic E-state index is 0.541. The molecule has 0 bridgehead atoms. The van der Waals surface area contributed by atoms with Gasteiger partial charge in [0.25, 0.3) is 0 Å². The minimum atomic E-state index is 0.541. The van der Waals surface area contributed by atoms with Gasteiger partial charge in [-0.2, -0.15) is 0 Å². The van der Waals surface area contributed by atoms with Gasteiger partial charge in [0.15, 0.2) is 11.4 Å². The van der Waals surface area contributed by atoms with Gasteiger partial charge in [-0.25, -0.2) is 4.98 Å². The van der Waals surface area contributed by atoms with Crippen LogP contribution >= 0.6 is 0 Å². The molecule has 3 aliphatic rings. The molecule has 1 N–H and O–H groups in total. The van der Waals surface area contributed by atoms with E-state index < -0.39 is 0 Å². The lowest BCUT2D eigenvalue weighted by atomic mass is 9.91. The van der Waals surface area contributed by atoms with Crippen molar-refractivity contribution in [1.29, 1.82) is 0 Å². The molecule has 2 aromatic heterocycles. The van der Waals surface area contributed by atoms with Crippen LogP contribution in [0.15, 0.2) is 47.1 Å². The van der Waals surface area contributed by atoms with Crippen LogP contribution in [0, 0.1) is 5.92 Å². The average molecular weight is 507 g/mol. The maximum Gasteiger partial charge on any atom is 0.213 e. The average Bonchev–Trinajstić information content (AvgIpc) is 3.39. The molecule has 3 aliphatic heterocycles. The molecule has 37 heavy (non-hydrogen) atoms. The Kier molecular flexibility index (Phi) is 7.83. The van der Waals surface area contributed by atoms with Crippen molar-refractivity contribution in [3.8, 4) is 5.88 Å². The summed E-state index contributed by atoms with van der Waals surface area (Å²) < 4.78 is 17.1. The molecule has 3 fully saturated rings. The molecule has 2 unspecified atom stereocenters. The number of piperazine rings is 1. The summed E-state index contributed by atoms with van der Waals surface area (Å²) in [5.41, 5.74) is 2.05. The van der Waals surface area contributed by atoms with E-state index in [-0.39, 0.29) is 0 Å². The van der Waals surface area contributed by atoms with E-state index >= 15 is 0 Å². The molecule has 1 aromatic carbocycles. The lowest BCUT2D eigenvalue weighted by Gasteiger charge is -2.46. The highest BCUT2D eigenvalue weighted by Crippen LogP contribution is 2.31. The molecular formula is C28H38N6O3. The van der Waals surface area contributed by atoms with Gasteiger partial charge in [-0.1, -0.05) is 23.4 Å². The van der Waals surface area contributed by atoms with Crippen molar-refractivity contribution in [2.75, 3.05) is 77.1 Å². The summed E-state index contributed by atoms with van der Waals surface area (Å²) in [6.07, 6.45) is 4.29. The van der Waals surface area contributed by atoms with Crippen LogP contribution in [-0.4, -0.2) is 98.2 Å². The lowest BCUT2D eigenvalue weighted by Crippen LogP contribution is -2.57. The Bertz CT molecular complexity index is 1130. The number of hydrogen-bond donors (Lipinski definition) is 1. The normalized spacial score (nSPS) is 23.3. The Morgan fingerprint density at radius 2 is 1.92 bits per heavy atom. The monoisotopic (exact) mass is 506 g/mol. The number of morpholine rings is 1. The fourth-order valence-electron chi connectivity index (χ4n) is 5.79. The maximum atomic E-state index is 6.10. The first kappa shape index (κ1) is 24.6. The molecule has 5 heterocycles. The summed E-state index contributed by atoms with van der Waals surface area (Å²) >= 11 is 0. The molecular weight excluding hydrogens is 468 g/mol. The van der Waals surface area contributed by atoms with Crippen LogP contribution in [0.3, 0.4) is 0 Å². The van der Waals surface area contributed by atoms with E-state index in [4.69, 9.17) is 14.0 Å². The van der Waals surface area contributed by atoms with E-state index in [9.17, 15) is 0 Å². The van der Waals surface area contributed by atoms with Crippen molar-refractivity contribution in [1.82, 2.24) is 25.3 Å². The van der Waals surface area contributed by atoms with Gasteiger partial charge in [0.1, 0.15) is 0 Å². The largest absolute Gasteiger partial charge is 0.477 e. The van der Waals surface area contributed by atoms with Gasteiger partial charge in [-0.05, 0) is 30.5 Å².